The number of rotatable bonds is 20. The third-order valence-electron chi connectivity index (χ3n) is 12.5. The Balaban J connectivity index is 1.29. The van der Waals surface area contributed by atoms with Gasteiger partial charge in [-0.2, -0.15) is 4.98 Å². The third-order valence-corrected chi connectivity index (χ3v) is 15.0. The van der Waals surface area contributed by atoms with Crippen LogP contribution in [0.2, 0.25) is 5.02 Å². The number of aromatic nitrogens is 1. The van der Waals surface area contributed by atoms with Crippen molar-refractivity contribution in [3.05, 3.63) is 41.4 Å². The number of alkyl halides is 4. The van der Waals surface area contributed by atoms with E-state index in [1.54, 1.807) is 32.0 Å². The fourth-order valence-electron chi connectivity index (χ4n) is 8.02. The van der Waals surface area contributed by atoms with E-state index in [1.165, 1.54) is 6.07 Å². The van der Waals surface area contributed by atoms with Gasteiger partial charge in [0.1, 0.15) is 18.2 Å². The van der Waals surface area contributed by atoms with E-state index in [0.717, 1.165) is 31.6 Å². The molecule has 0 radical (unpaired) electrons. The highest BCUT2D eigenvalue weighted by molar-refractivity contribution is 7.91. The summed E-state index contributed by atoms with van der Waals surface area (Å²) in [6.07, 6.45) is 3.46. The number of primary amides is 1. The van der Waals surface area contributed by atoms with Gasteiger partial charge in [-0.3, -0.25) is 19.1 Å². The Labute approximate surface area is 370 Å². The first-order valence-electron chi connectivity index (χ1n) is 21.2. The smallest absolute Gasteiger partial charge is 0.408 e. The number of amides is 4. The number of fused-ring (bicyclic) bond motifs is 1. The van der Waals surface area contributed by atoms with Gasteiger partial charge in [0.15, 0.2) is 12.2 Å². The van der Waals surface area contributed by atoms with Gasteiger partial charge in [-0.1, -0.05) is 50.1 Å². The Hall–Kier alpha value is -4.39. The molecular formula is C43H58ClF4N5O9S. The number of halogens is 5. The van der Waals surface area contributed by atoms with Crippen LogP contribution in [0.1, 0.15) is 99.3 Å². The molecule has 4 N–H and O–H groups in total. The minimum atomic E-state index is -3.75. The largest absolute Gasteiger partial charge is 0.472 e. The molecule has 20 heteroatoms. The number of likely N-dealkylation sites (tertiary alicyclic amines) is 1. The van der Waals surface area contributed by atoms with E-state index in [9.17, 15) is 45.2 Å². The average molecular weight is 932 g/mol. The van der Waals surface area contributed by atoms with Gasteiger partial charge in [-0.25, -0.2) is 30.8 Å². The summed E-state index contributed by atoms with van der Waals surface area (Å²) in [5.74, 6) is -7.13. The second kappa shape index (κ2) is 19.8. The van der Waals surface area contributed by atoms with E-state index in [0.29, 0.717) is 56.2 Å². The molecule has 3 fully saturated rings. The number of sulfonamides is 1. The lowest BCUT2D eigenvalue weighted by Gasteiger charge is -2.34. The number of nitrogens with zero attached hydrogens (tertiary/aromatic N) is 2. The molecule has 2 aromatic rings. The highest BCUT2D eigenvalue weighted by Gasteiger charge is 2.52. The quantitative estimate of drug-likeness (QED) is 0.0895. The van der Waals surface area contributed by atoms with Crippen LogP contribution in [0.15, 0.2) is 36.4 Å². The lowest BCUT2D eigenvalue weighted by molar-refractivity contribution is -0.151. The first kappa shape index (κ1) is 49.6. The number of alkyl carbamates (subject to hydrolysis) is 1. The van der Waals surface area contributed by atoms with Crippen molar-refractivity contribution in [3.63, 3.8) is 0 Å². The van der Waals surface area contributed by atoms with E-state index in [1.807, 2.05) is 19.1 Å². The molecule has 3 aliphatic rings. The molecule has 0 bridgehead atoms. The molecule has 1 aromatic carbocycles. The van der Waals surface area contributed by atoms with Crippen LogP contribution in [-0.4, -0.2) is 96.2 Å². The van der Waals surface area contributed by atoms with Gasteiger partial charge in [0.05, 0.1) is 11.3 Å². The molecule has 350 valence electrons. The fraction of sp³-hybridized carbons (Fsp3) is 0.651. The molecule has 1 aromatic heterocycles. The molecule has 7 atom stereocenters. The van der Waals surface area contributed by atoms with Crippen molar-refractivity contribution >= 4 is 56.2 Å². The molecular weight excluding hydrogens is 874 g/mol. The number of nitrogens with two attached hydrogens (primary N) is 1. The Morgan fingerprint density at radius 2 is 1.81 bits per heavy atom. The predicted molar refractivity (Wildman–Crippen MR) is 227 cm³/mol. The summed E-state index contributed by atoms with van der Waals surface area (Å²) in [6, 6.07) is 3.59. The Morgan fingerprint density at radius 1 is 1.11 bits per heavy atom. The van der Waals surface area contributed by atoms with Gasteiger partial charge in [0.25, 0.3) is 12.3 Å². The van der Waals surface area contributed by atoms with Crippen molar-refractivity contribution in [2.24, 2.45) is 29.4 Å². The van der Waals surface area contributed by atoms with Gasteiger partial charge in [-0.15, -0.1) is 0 Å². The summed E-state index contributed by atoms with van der Waals surface area (Å²) >= 11 is 6.40. The number of ether oxygens (including phenoxy) is 3. The molecule has 14 nitrogen and oxygen atoms in total. The van der Waals surface area contributed by atoms with E-state index in [4.69, 9.17) is 31.5 Å². The molecule has 1 aliphatic heterocycles. The van der Waals surface area contributed by atoms with Gasteiger partial charge in [-0.05, 0) is 95.6 Å². The Morgan fingerprint density at radius 3 is 2.44 bits per heavy atom. The van der Waals surface area contributed by atoms with Crippen molar-refractivity contribution in [1.82, 2.24) is 19.9 Å². The molecule has 2 heterocycles. The van der Waals surface area contributed by atoms with E-state index in [2.05, 4.69) is 15.0 Å². The van der Waals surface area contributed by atoms with Gasteiger partial charge < -0.3 is 30.2 Å². The van der Waals surface area contributed by atoms with Gasteiger partial charge >= 0.3 is 6.09 Å². The van der Waals surface area contributed by atoms with Crippen LogP contribution in [0.4, 0.5) is 22.4 Å². The second-order valence-corrected chi connectivity index (χ2v) is 20.6. The maximum Gasteiger partial charge on any atom is 0.408 e. The van der Waals surface area contributed by atoms with E-state index >= 15 is 0 Å². The molecule has 1 unspecified atom stereocenters. The number of allylic oxidation sites excluding steroid dienone is 2. The number of carbonyl (C=O) groups excluding carboxylic acids is 4. The number of benzene rings is 1. The summed E-state index contributed by atoms with van der Waals surface area (Å²) in [6.45, 7) is 6.73. The van der Waals surface area contributed by atoms with Crippen LogP contribution in [0, 0.1) is 23.7 Å². The van der Waals surface area contributed by atoms with Crippen LogP contribution >= 0.6 is 11.6 Å². The van der Waals surface area contributed by atoms with Crippen molar-refractivity contribution in [3.8, 4) is 11.8 Å². The third kappa shape index (κ3) is 12.2. The van der Waals surface area contributed by atoms with Crippen LogP contribution in [0.25, 0.3) is 10.8 Å². The minimum absolute atomic E-state index is 0.0615. The first-order valence-corrected chi connectivity index (χ1v) is 23.1. The minimum Gasteiger partial charge on any atom is -0.472 e. The average Bonchev–Trinajstić information content (AvgIpc) is 3.56. The van der Waals surface area contributed by atoms with Gasteiger partial charge in [0, 0.05) is 41.1 Å². The SMILES string of the molecule is C[C@H](CC/C=C\[C@@H]1CCCC1C(=O)NS(=O)(=O)C1(C)CC1)C[C@@H](C)[C@H](NC(=O)OC(C)(C)C(C)(F)F)C(=O)N1C[C@H](Oc2nc(OCC(F)F)cc3c(Cl)cccc23)C[C@H]1C(N)=O. The molecule has 1 saturated heterocycles. The summed E-state index contributed by atoms with van der Waals surface area (Å²) in [4.78, 5) is 59.1. The van der Waals surface area contributed by atoms with Crippen LogP contribution in [-0.2, 0) is 29.1 Å². The monoisotopic (exact) mass is 931 g/mol. The topological polar surface area (TPSA) is 196 Å². The summed E-state index contributed by atoms with van der Waals surface area (Å²) < 4.78 is 98.0. The van der Waals surface area contributed by atoms with E-state index in [-0.39, 0.29) is 41.6 Å². The van der Waals surface area contributed by atoms with Gasteiger partial charge in [0.2, 0.25) is 39.5 Å². The van der Waals surface area contributed by atoms with E-state index < -0.39 is 93.2 Å². The normalized spacial score (nSPS) is 22.8. The Kier molecular flexibility index (Phi) is 15.6. The predicted octanol–water partition coefficient (Wildman–Crippen LogP) is 7.31. The lowest BCUT2D eigenvalue weighted by atomic mass is 9.87. The Bertz CT molecular complexity index is 2150. The lowest BCUT2D eigenvalue weighted by Crippen LogP contribution is -2.56. The van der Waals surface area contributed by atoms with Crippen molar-refractivity contribution in [1.29, 1.82) is 0 Å². The van der Waals surface area contributed by atoms with Crippen molar-refractivity contribution in [2.45, 2.75) is 140 Å². The molecule has 2 aliphatic carbocycles. The molecule has 5 rings (SSSR count). The highest BCUT2D eigenvalue weighted by Crippen LogP contribution is 2.43. The zero-order chi connectivity index (χ0) is 46.7. The molecule has 63 heavy (non-hydrogen) atoms. The zero-order valence-electron chi connectivity index (χ0n) is 36.3. The van der Waals surface area contributed by atoms with Crippen molar-refractivity contribution in [2.75, 3.05) is 13.2 Å². The molecule has 4 amide bonds. The second-order valence-electron chi connectivity index (χ2n) is 18.0. The first-order chi connectivity index (χ1) is 29.3. The van der Waals surface area contributed by atoms with Crippen LogP contribution in [0.5, 0.6) is 11.8 Å². The summed E-state index contributed by atoms with van der Waals surface area (Å²) in [5.41, 5.74) is 3.54. The summed E-state index contributed by atoms with van der Waals surface area (Å²) in [7, 11) is -3.75. The molecule has 0 spiro atoms. The molecule has 2 saturated carbocycles. The number of pyridine rings is 1. The maximum atomic E-state index is 14.5. The zero-order valence-corrected chi connectivity index (χ0v) is 37.9. The highest BCUT2D eigenvalue weighted by atomic mass is 35.5. The van der Waals surface area contributed by atoms with Crippen LogP contribution in [0.3, 0.4) is 0 Å². The standard InChI is InChI=1S/C43H58ClF4N5O9S/c1-24(11-7-8-12-26-13-9-14-28(26)37(55)52-63(58,59)42(5)17-18-42)19-25(2)35(51-40(57)62-41(3,4)43(6,47)48)39(56)53-22-27(20-32(53)36(49)54)61-38-29-15-10-16-31(44)30(29)21-34(50-38)60-23-33(45)46/h8,10,12,15-16,21,24-28,32-33,35H,7,9,11,13-14,17-20,22-23H2,1-6H3,(H2,49,54)(H,51,57)(H,52,55)/b12-8-/t24-,25-,26-,27-,28?,32+,35+/m1/s1. The van der Waals surface area contributed by atoms with Crippen molar-refractivity contribution < 1.29 is 59.4 Å². The number of hydrogen-bond donors (Lipinski definition) is 3. The maximum absolute atomic E-state index is 14.5. The fourth-order valence-corrected chi connectivity index (χ4v) is 9.55. The number of carbonyl (C=O) groups is 4. The summed E-state index contributed by atoms with van der Waals surface area (Å²) in [5, 5.41) is 3.51. The number of nitrogens with one attached hydrogen (secondary N) is 2. The number of hydrogen-bond acceptors (Lipinski definition) is 10. The van der Waals surface area contributed by atoms with Crippen LogP contribution < -0.4 is 25.2 Å².